The summed E-state index contributed by atoms with van der Waals surface area (Å²) >= 11 is 0. The summed E-state index contributed by atoms with van der Waals surface area (Å²) in [6.07, 6.45) is -4.13. The van der Waals surface area contributed by atoms with Crippen molar-refractivity contribution in [3.63, 3.8) is 0 Å². The van der Waals surface area contributed by atoms with Crippen LogP contribution in [0.2, 0.25) is 0 Å². The summed E-state index contributed by atoms with van der Waals surface area (Å²) < 4.78 is 122. The molecular formula is C53H99N7O34P3-3. The Hall–Kier alpha value is -5.49. The van der Waals surface area contributed by atoms with Crippen LogP contribution in [0.25, 0.3) is 0 Å². The van der Waals surface area contributed by atoms with E-state index in [1.807, 2.05) is 27.7 Å². The third kappa shape index (κ3) is 73.1. The second-order valence-corrected chi connectivity index (χ2v) is 23.9. The highest BCUT2D eigenvalue weighted by Crippen LogP contribution is 2.39. The van der Waals surface area contributed by atoms with Gasteiger partial charge in [0.1, 0.15) is 39.6 Å². The number of amides is 4. The summed E-state index contributed by atoms with van der Waals surface area (Å²) in [5, 5.41) is 18.9. The second kappa shape index (κ2) is 60.5. The number of ether oxygens (including phenoxy) is 12. The van der Waals surface area contributed by atoms with Crippen molar-refractivity contribution in [2.45, 2.75) is 99.6 Å². The van der Waals surface area contributed by atoms with Gasteiger partial charge < -0.3 is 136 Å². The van der Waals surface area contributed by atoms with Crippen molar-refractivity contribution < 1.29 is 160 Å². The van der Waals surface area contributed by atoms with E-state index in [1.54, 1.807) is 7.05 Å². The Bertz CT molecular complexity index is 2370. The van der Waals surface area contributed by atoms with Gasteiger partial charge in [-0.2, -0.15) is 0 Å². The third-order valence-electron chi connectivity index (χ3n) is 9.85. The number of esters is 6. The highest BCUT2D eigenvalue weighted by Gasteiger charge is 2.22. The average molecular weight is 1470 g/mol. The molecule has 7 N–H and O–H groups in total. The first kappa shape index (κ1) is 95.7. The lowest BCUT2D eigenvalue weighted by Crippen LogP contribution is -2.38. The number of rotatable bonds is 56. The maximum Gasteiger partial charge on any atom is 0.407 e. The number of alkyl carbamates (subject to hydrolysis) is 1. The molecule has 0 aromatic rings. The summed E-state index contributed by atoms with van der Waals surface area (Å²) in [6.45, 7) is 14.2. The Labute approximate surface area is 563 Å². The van der Waals surface area contributed by atoms with E-state index < -0.39 is 129 Å². The van der Waals surface area contributed by atoms with Crippen LogP contribution < -0.4 is 51.9 Å². The molecule has 0 heterocycles. The van der Waals surface area contributed by atoms with E-state index in [-0.39, 0.29) is 111 Å². The summed E-state index contributed by atoms with van der Waals surface area (Å²) in [4.78, 5) is 147. The molecule has 568 valence electrons. The zero-order valence-electron chi connectivity index (χ0n) is 56.7. The molecule has 0 saturated heterocycles. The predicted molar refractivity (Wildman–Crippen MR) is 328 cm³/mol. The van der Waals surface area contributed by atoms with Gasteiger partial charge in [0.2, 0.25) is 17.7 Å². The van der Waals surface area contributed by atoms with Crippen LogP contribution in [0, 0.1) is 0 Å². The molecule has 3 unspecified atom stereocenters. The quantitative estimate of drug-likeness (QED) is 0.0133. The van der Waals surface area contributed by atoms with E-state index in [4.69, 9.17) is 42.6 Å². The lowest BCUT2D eigenvalue weighted by atomic mass is 10.4. The van der Waals surface area contributed by atoms with Crippen molar-refractivity contribution in [2.24, 2.45) is 0 Å². The van der Waals surface area contributed by atoms with Crippen molar-refractivity contribution in [3.8, 4) is 0 Å². The van der Waals surface area contributed by atoms with Crippen molar-refractivity contribution in [2.75, 3.05) is 185 Å². The molecule has 41 nitrogen and oxygen atoms in total. The van der Waals surface area contributed by atoms with Crippen LogP contribution in [0.4, 0.5) is 4.79 Å². The zero-order chi connectivity index (χ0) is 73.9. The molecule has 6 atom stereocenters. The summed E-state index contributed by atoms with van der Waals surface area (Å²) in [6, 6.07) is 0.578. The maximum absolute atomic E-state index is 11.8. The molecule has 0 bridgehead atoms. The third-order valence-corrected chi connectivity index (χ3v) is 12.7. The van der Waals surface area contributed by atoms with Crippen molar-refractivity contribution in [1.82, 2.24) is 37.2 Å². The molecule has 0 aliphatic heterocycles. The van der Waals surface area contributed by atoms with Gasteiger partial charge in [-0.1, -0.05) is 27.7 Å². The Morgan fingerprint density at radius 3 is 1.01 bits per heavy atom. The summed E-state index contributed by atoms with van der Waals surface area (Å²) in [5.41, 5.74) is 0. The highest BCUT2D eigenvalue weighted by molar-refractivity contribution is 7.46. The number of likely N-dealkylation sites (N-methyl/N-ethyl adjacent to an activating group) is 1. The van der Waals surface area contributed by atoms with Gasteiger partial charge in [0, 0.05) is 92.9 Å². The number of hydrogen-bond donors (Lipinski definition) is 7. The van der Waals surface area contributed by atoms with Crippen LogP contribution in [0.1, 0.15) is 69.2 Å². The lowest BCUT2D eigenvalue weighted by Gasteiger charge is -2.25. The van der Waals surface area contributed by atoms with Gasteiger partial charge in [0.15, 0.2) is 18.3 Å². The van der Waals surface area contributed by atoms with Crippen molar-refractivity contribution in [3.05, 3.63) is 0 Å². The largest absolute Gasteiger partial charge is 0.756 e. The molecule has 0 fully saturated rings. The maximum atomic E-state index is 11.8. The van der Waals surface area contributed by atoms with E-state index in [2.05, 4.69) is 78.6 Å². The molecule has 0 radical (unpaired) electrons. The van der Waals surface area contributed by atoms with Crippen molar-refractivity contribution in [1.29, 1.82) is 0 Å². The number of carbonyl (C=O) groups is 10. The first-order chi connectivity index (χ1) is 45.6. The SMILES string of the molecule is CC(=O)OC[C@H](COP(=O)([O-])OCCNC(=O)COCCOCCNC(=O)CNC(C)C)OC(C)=O.CC(=O)OC[C@H](COP(=O)([O-])OCCNC(=O)OCCOCCNC(C)C)OC(C)=O.CNCCOCCOCC(=O)NCCOP(=O)([O-])OC[C@@H](COC(C)=O)OC(C)=O. The first-order valence-corrected chi connectivity index (χ1v) is 34.4. The number of nitrogens with one attached hydrogen (secondary N) is 7. The first-order valence-electron chi connectivity index (χ1n) is 30.0. The molecule has 0 saturated carbocycles. The van der Waals surface area contributed by atoms with E-state index in [0.29, 0.717) is 52.1 Å². The fourth-order valence-electron chi connectivity index (χ4n) is 5.76. The van der Waals surface area contributed by atoms with Gasteiger partial charge in [-0.25, -0.2) is 4.79 Å². The van der Waals surface area contributed by atoms with Crippen LogP contribution in [-0.2, 0) is 141 Å². The fourth-order valence-corrected chi connectivity index (χ4v) is 7.97. The van der Waals surface area contributed by atoms with Crippen LogP contribution in [-0.4, -0.2) is 275 Å². The Morgan fingerprint density at radius 2 is 0.660 bits per heavy atom. The van der Waals surface area contributed by atoms with Crippen LogP contribution in [0.5, 0.6) is 0 Å². The molecule has 0 aliphatic rings. The van der Waals surface area contributed by atoms with Crippen molar-refractivity contribution >= 4 is 83.1 Å². The molecule has 0 rings (SSSR count). The normalized spacial score (nSPS) is 13.7. The van der Waals surface area contributed by atoms with Gasteiger partial charge in [0.25, 0.3) is 23.5 Å². The summed E-state index contributed by atoms with van der Waals surface area (Å²) in [7, 11) is -12.4. The Morgan fingerprint density at radius 1 is 0.340 bits per heavy atom. The van der Waals surface area contributed by atoms with E-state index in [9.17, 15) is 76.3 Å². The van der Waals surface area contributed by atoms with E-state index in [0.717, 1.165) is 41.5 Å². The van der Waals surface area contributed by atoms with Crippen LogP contribution >= 0.6 is 23.5 Å². The van der Waals surface area contributed by atoms with E-state index in [1.165, 1.54) is 0 Å². The molecule has 4 amide bonds. The number of phosphoric ester groups is 3. The molecule has 0 aliphatic carbocycles. The van der Waals surface area contributed by atoms with Crippen LogP contribution in [0.3, 0.4) is 0 Å². The minimum Gasteiger partial charge on any atom is -0.756 e. The molecule has 0 aromatic carbocycles. The fraction of sp³-hybridized carbons (Fsp3) is 0.811. The number of phosphoric acid groups is 3. The predicted octanol–water partition coefficient (Wildman–Crippen LogP) is -3.68. The minimum atomic E-state index is -4.76. The molecular weight excluding hydrogens is 1370 g/mol. The van der Waals surface area contributed by atoms with E-state index >= 15 is 0 Å². The van der Waals surface area contributed by atoms with Gasteiger partial charge in [-0.05, 0) is 7.05 Å². The lowest BCUT2D eigenvalue weighted by molar-refractivity contribution is -0.229. The average Bonchev–Trinajstić information content (AvgIpc) is 1.17. The molecule has 0 aromatic heterocycles. The van der Waals surface area contributed by atoms with Gasteiger partial charge in [0.05, 0.1) is 99.0 Å². The second-order valence-electron chi connectivity index (χ2n) is 19.6. The number of carbonyl (C=O) groups excluding carboxylic acids is 10. The van der Waals surface area contributed by atoms with Gasteiger partial charge in [-0.3, -0.25) is 56.8 Å². The Balaban J connectivity index is -0.00000137. The molecule has 97 heavy (non-hydrogen) atoms. The summed E-state index contributed by atoms with van der Waals surface area (Å²) in [5.74, 6) is -5.11. The van der Waals surface area contributed by atoms with Gasteiger partial charge in [-0.15, -0.1) is 0 Å². The topological polar surface area (TPSA) is 541 Å². The zero-order valence-corrected chi connectivity index (χ0v) is 59.4. The minimum absolute atomic E-state index is 0.0391. The van der Waals surface area contributed by atoms with Crippen LogP contribution in [0.15, 0.2) is 0 Å². The highest BCUT2D eigenvalue weighted by atomic mass is 31.2. The molecule has 0 spiro atoms. The monoisotopic (exact) mass is 1470 g/mol. The standard InChI is InChI=1S/C20H38N3O12P.C17H33N2O11P.C16H31N2O11P/c1-15(2)23-11-19(26)21-5-7-30-9-10-31-14-20(27)22-6-8-33-36(28,29)34-13-18(35-17(4)25)12-32-16(3)24;1-13(2)18-5-7-25-9-10-26-17(22)19-6-8-28-31(23,24)29-12-16(30-15(4)21)11-27-14(3)20;1-13(19)26-10-15(29-14(2)20)11-28-30(22,23)27-7-5-18-16(21)12-25-9-8-24-6-4-17-3/h15,18,23H,5-14H2,1-4H3,(H,21,26)(H,22,27)(H,28,29);13,16,18H,5-12H2,1-4H3,(H,19,22)(H,23,24);15,17H,4-12H2,1-3H3,(H,18,21)(H,22,23)/p-3/t18-;16-;15-/m111/s1. The smallest absolute Gasteiger partial charge is 0.407 e. The van der Waals surface area contributed by atoms with Gasteiger partial charge >= 0.3 is 41.9 Å². The number of hydrogen-bond acceptors (Lipinski definition) is 37. The molecule has 44 heteroatoms. The Kier molecular flexibility index (Phi) is 59.7.